The molecule has 2 heterocycles. The summed E-state index contributed by atoms with van der Waals surface area (Å²) in [4.78, 5) is 23.5. The highest BCUT2D eigenvalue weighted by molar-refractivity contribution is 5.76. The van der Waals surface area contributed by atoms with Gasteiger partial charge < -0.3 is 14.8 Å². The van der Waals surface area contributed by atoms with Gasteiger partial charge >= 0.3 is 11.9 Å². The summed E-state index contributed by atoms with van der Waals surface area (Å²) in [6.45, 7) is 4.18. The number of piperidine rings is 1. The van der Waals surface area contributed by atoms with Crippen LogP contribution < -0.4 is 5.32 Å². The van der Waals surface area contributed by atoms with Crippen LogP contribution >= 0.6 is 0 Å². The normalized spacial score (nSPS) is 30.7. The molecule has 0 amide bonds. The van der Waals surface area contributed by atoms with Crippen LogP contribution in [0.15, 0.2) is 0 Å². The second-order valence-corrected chi connectivity index (χ2v) is 8.33. The fraction of sp³-hybridized carbons (Fsp3) is 0.850. The number of hydrogen-bond donors (Lipinski definition) is 2. The Kier molecular flexibility index (Phi) is 7.45. The van der Waals surface area contributed by atoms with Crippen molar-refractivity contribution in [1.29, 1.82) is 0 Å². The Balaban J connectivity index is 1.45. The van der Waals surface area contributed by atoms with Crippen LogP contribution in [0.5, 0.6) is 0 Å². The van der Waals surface area contributed by atoms with E-state index in [-0.39, 0.29) is 12.1 Å². The lowest BCUT2D eigenvalue weighted by Crippen LogP contribution is -2.50. The summed E-state index contributed by atoms with van der Waals surface area (Å²) in [5.41, 5.74) is 0. The van der Waals surface area contributed by atoms with Crippen molar-refractivity contribution in [1.82, 2.24) is 25.9 Å². The van der Waals surface area contributed by atoms with Crippen LogP contribution in [0.1, 0.15) is 66.0 Å². The standard InChI is InChI=1S/C20H33N5O4/c1-13(4-3-9-28-14(2)26)29-20(27)18-11-17-10-15(5-7-16(17)12-21-18)6-8-19-22-24-25-23-19/h13,15-18,21H,3-12H2,1-2H3,(H,22,23,24,25)/t13-,15+,16-,17+,18-/m0/s1/i18D. The molecule has 0 spiro atoms. The third-order valence-corrected chi connectivity index (χ3v) is 6.07. The number of nitrogens with one attached hydrogen (secondary N) is 2. The van der Waals surface area contributed by atoms with E-state index in [0.717, 1.165) is 37.9 Å². The van der Waals surface area contributed by atoms with Crippen LogP contribution in [0.2, 0.25) is 0 Å². The zero-order valence-corrected chi connectivity index (χ0v) is 17.4. The molecule has 0 bridgehead atoms. The van der Waals surface area contributed by atoms with Gasteiger partial charge in [0.05, 0.1) is 14.1 Å². The molecular weight excluding hydrogens is 374 g/mol. The van der Waals surface area contributed by atoms with E-state index in [1.54, 1.807) is 0 Å². The van der Waals surface area contributed by atoms with Gasteiger partial charge in [0, 0.05) is 13.3 Å². The number of aromatic nitrogens is 4. The molecule has 2 N–H and O–H groups in total. The van der Waals surface area contributed by atoms with Gasteiger partial charge in [0.25, 0.3) is 0 Å². The van der Waals surface area contributed by atoms with Crippen LogP contribution in [0.4, 0.5) is 0 Å². The van der Waals surface area contributed by atoms with Crippen molar-refractivity contribution in [3.05, 3.63) is 5.82 Å². The zero-order valence-electron chi connectivity index (χ0n) is 18.4. The summed E-state index contributed by atoms with van der Waals surface area (Å²) < 4.78 is 19.2. The number of hydrogen-bond acceptors (Lipinski definition) is 8. The maximum atomic E-state index is 12.7. The van der Waals surface area contributed by atoms with Crippen molar-refractivity contribution >= 4 is 11.9 Å². The van der Waals surface area contributed by atoms with E-state index in [2.05, 4.69) is 25.9 Å². The van der Waals surface area contributed by atoms with Gasteiger partial charge in [0.2, 0.25) is 0 Å². The van der Waals surface area contributed by atoms with Crippen LogP contribution in [0.3, 0.4) is 0 Å². The molecule has 2 aliphatic rings. The van der Waals surface area contributed by atoms with Gasteiger partial charge in [-0.25, -0.2) is 0 Å². The number of aromatic amines is 1. The third kappa shape index (κ3) is 6.76. The largest absolute Gasteiger partial charge is 0.466 e. The highest BCUT2D eigenvalue weighted by atomic mass is 16.5. The molecule has 0 radical (unpaired) electrons. The van der Waals surface area contributed by atoms with Gasteiger partial charge in [-0.15, -0.1) is 10.2 Å². The molecule has 1 aromatic heterocycles. The number of esters is 2. The monoisotopic (exact) mass is 408 g/mol. The van der Waals surface area contributed by atoms with Crippen molar-refractivity contribution in [3.8, 4) is 0 Å². The molecule has 1 aromatic rings. The summed E-state index contributed by atoms with van der Waals surface area (Å²) in [6, 6.07) is -1.39. The third-order valence-electron chi connectivity index (χ3n) is 6.07. The van der Waals surface area contributed by atoms with Crippen molar-refractivity contribution < 1.29 is 20.4 Å². The van der Waals surface area contributed by atoms with E-state index in [4.69, 9.17) is 10.8 Å². The Labute approximate surface area is 173 Å². The molecule has 3 rings (SSSR count). The molecule has 1 saturated carbocycles. The minimum Gasteiger partial charge on any atom is -0.466 e. The van der Waals surface area contributed by atoms with Crippen molar-refractivity contribution in [2.24, 2.45) is 17.8 Å². The van der Waals surface area contributed by atoms with Crippen LogP contribution in [0, 0.1) is 17.8 Å². The van der Waals surface area contributed by atoms with Crippen molar-refractivity contribution in [2.75, 3.05) is 13.2 Å². The second-order valence-electron chi connectivity index (χ2n) is 8.33. The van der Waals surface area contributed by atoms with Crippen LogP contribution in [-0.2, 0) is 25.5 Å². The number of aryl methyl sites for hydroxylation is 1. The first-order chi connectivity index (χ1) is 14.4. The smallest absolute Gasteiger partial charge is 0.323 e. The average molecular weight is 409 g/mol. The van der Waals surface area contributed by atoms with Crippen LogP contribution in [-0.4, -0.2) is 57.8 Å². The summed E-state index contributed by atoms with van der Waals surface area (Å²) in [7, 11) is 0. The van der Waals surface area contributed by atoms with Gasteiger partial charge in [-0.05, 0) is 69.7 Å². The number of ether oxygens (including phenoxy) is 2. The Bertz CT molecular complexity index is 703. The summed E-state index contributed by atoms with van der Waals surface area (Å²) >= 11 is 0. The molecule has 9 nitrogen and oxygen atoms in total. The lowest BCUT2D eigenvalue weighted by Gasteiger charge is -2.42. The Morgan fingerprint density at radius 2 is 2.17 bits per heavy atom. The van der Waals surface area contributed by atoms with E-state index in [1.807, 2.05) is 6.92 Å². The summed E-state index contributed by atoms with van der Waals surface area (Å²) in [5, 5.41) is 17.3. The number of carbonyl (C=O) groups is 2. The fourth-order valence-electron chi connectivity index (χ4n) is 4.47. The average Bonchev–Trinajstić information content (AvgIpc) is 3.23. The SMILES string of the molecule is [2H][C@@]1(C(=O)O[C@@H](C)CCCOC(C)=O)C[C@H]2C[C@@H](CCc3nn[nH]n3)CC[C@H]2CN1. The van der Waals surface area contributed by atoms with Gasteiger partial charge in [-0.1, -0.05) is 11.6 Å². The van der Waals surface area contributed by atoms with E-state index in [9.17, 15) is 9.59 Å². The first-order valence-corrected chi connectivity index (χ1v) is 10.7. The molecular formula is C20H33N5O4. The summed E-state index contributed by atoms with van der Waals surface area (Å²) in [5.74, 6) is 1.34. The lowest BCUT2D eigenvalue weighted by atomic mass is 9.69. The topological polar surface area (TPSA) is 119 Å². The number of tetrazole rings is 1. The summed E-state index contributed by atoms with van der Waals surface area (Å²) in [6.07, 6.45) is 6.50. The number of H-pyrrole nitrogens is 1. The molecule has 0 aromatic carbocycles. The van der Waals surface area contributed by atoms with Crippen LogP contribution in [0.25, 0.3) is 0 Å². The lowest BCUT2D eigenvalue weighted by molar-refractivity contribution is -0.153. The molecule has 29 heavy (non-hydrogen) atoms. The maximum absolute atomic E-state index is 12.7. The van der Waals surface area contributed by atoms with Gasteiger partial charge in [0.15, 0.2) is 5.82 Å². The van der Waals surface area contributed by atoms with E-state index in [1.165, 1.54) is 6.92 Å². The molecule has 9 heteroatoms. The highest BCUT2D eigenvalue weighted by Crippen LogP contribution is 2.40. The molecule has 0 unspecified atom stereocenters. The predicted octanol–water partition coefficient (Wildman–Crippen LogP) is 1.80. The first-order valence-electron chi connectivity index (χ1n) is 11.2. The van der Waals surface area contributed by atoms with E-state index >= 15 is 0 Å². The molecule has 162 valence electrons. The molecule has 2 fully saturated rings. The number of rotatable bonds is 9. The Morgan fingerprint density at radius 1 is 1.31 bits per heavy atom. The Morgan fingerprint density at radius 3 is 2.93 bits per heavy atom. The van der Waals surface area contributed by atoms with Crippen molar-refractivity contribution in [3.63, 3.8) is 0 Å². The molecule has 1 saturated heterocycles. The zero-order chi connectivity index (χ0) is 21.6. The van der Waals surface area contributed by atoms with Gasteiger partial charge in [0.1, 0.15) is 6.02 Å². The van der Waals surface area contributed by atoms with Crippen molar-refractivity contribution in [2.45, 2.75) is 77.3 Å². The van der Waals surface area contributed by atoms with E-state index < -0.39 is 12.0 Å². The van der Waals surface area contributed by atoms with E-state index in [0.29, 0.717) is 50.2 Å². The molecule has 1 aliphatic carbocycles. The predicted molar refractivity (Wildman–Crippen MR) is 105 cm³/mol. The fourth-order valence-corrected chi connectivity index (χ4v) is 4.47. The van der Waals surface area contributed by atoms with Gasteiger partial charge in [-0.3, -0.25) is 9.59 Å². The second kappa shape index (κ2) is 10.7. The quantitative estimate of drug-likeness (QED) is 0.469. The first kappa shape index (κ1) is 20.3. The van der Waals surface area contributed by atoms with Gasteiger partial charge in [-0.2, -0.15) is 5.21 Å². The minimum absolute atomic E-state index is 0.311. The number of fused-ring (bicyclic) bond motifs is 1. The maximum Gasteiger partial charge on any atom is 0.323 e. The molecule has 5 atom stereocenters. The Hall–Kier alpha value is -2.03. The molecule has 1 aliphatic heterocycles. The number of carbonyl (C=O) groups excluding carboxylic acids is 2. The minimum atomic E-state index is -1.39. The number of nitrogens with zero attached hydrogens (tertiary/aromatic N) is 3. The highest BCUT2D eigenvalue weighted by Gasteiger charge is 2.38.